The highest BCUT2D eigenvalue weighted by atomic mass is 19.2. The zero-order valence-electron chi connectivity index (χ0n) is 15.2. The third-order valence-electron chi connectivity index (χ3n) is 5.09. The Labute approximate surface area is 158 Å². The Kier molecular flexibility index (Phi) is 4.22. The average molecular weight is 381 g/mol. The predicted molar refractivity (Wildman–Crippen MR) is 103 cm³/mol. The van der Waals surface area contributed by atoms with E-state index in [4.69, 9.17) is 0 Å². The molecule has 1 atom stereocenters. The molecule has 0 saturated heterocycles. The lowest BCUT2D eigenvalue weighted by molar-refractivity contribution is 0.0738. The SMILES string of the molecule is C[C@@H](c1c[nH]c(=O)c2cc(F)c(F)cc12)N(C)C(=O)c1cc2ccccc2[nH]1. The first kappa shape index (κ1) is 17.9. The molecule has 0 bridgehead atoms. The lowest BCUT2D eigenvalue weighted by Crippen LogP contribution is -2.30. The average Bonchev–Trinajstić information content (AvgIpc) is 3.12. The zero-order valence-corrected chi connectivity index (χ0v) is 15.2. The normalized spacial score (nSPS) is 12.4. The molecule has 28 heavy (non-hydrogen) atoms. The molecule has 0 aliphatic rings. The number of aromatic nitrogens is 2. The second kappa shape index (κ2) is 6.60. The molecule has 5 nitrogen and oxygen atoms in total. The van der Waals surface area contributed by atoms with Gasteiger partial charge in [0.15, 0.2) is 11.6 Å². The molecule has 0 fully saturated rings. The van der Waals surface area contributed by atoms with Crippen molar-refractivity contribution < 1.29 is 13.6 Å². The molecular weight excluding hydrogens is 364 g/mol. The summed E-state index contributed by atoms with van der Waals surface area (Å²) < 4.78 is 27.4. The molecular formula is C21H17F2N3O2. The number of nitrogens with one attached hydrogen (secondary N) is 2. The first-order chi connectivity index (χ1) is 13.4. The second-order valence-corrected chi connectivity index (χ2v) is 6.75. The summed E-state index contributed by atoms with van der Waals surface area (Å²) >= 11 is 0. The highest BCUT2D eigenvalue weighted by Crippen LogP contribution is 2.28. The van der Waals surface area contributed by atoms with Gasteiger partial charge in [-0.3, -0.25) is 9.59 Å². The highest BCUT2D eigenvalue weighted by Gasteiger charge is 2.23. The fourth-order valence-electron chi connectivity index (χ4n) is 3.38. The number of aromatic amines is 2. The molecule has 0 aliphatic carbocycles. The Morgan fingerprint density at radius 3 is 2.46 bits per heavy atom. The monoisotopic (exact) mass is 381 g/mol. The zero-order chi connectivity index (χ0) is 20.0. The van der Waals surface area contributed by atoms with Gasteiger partial charge in [-0.2, -0.15) is 0 Å². The Morgan fingerprint density at radius 1 is 1.07 bits per heavy atom. The number of carbonyl (C=O) groups excluding carboxylic acids is 1. The number of H-pyrrole nitrogens is 2. The van der Waals surface area contributed by atoms with Gasteiger partial charge in [0.25, 0.3) is 11.5 Å². The number of para-hydroxylation sites is 1. The molecule has 0 spiro atoms. The fraction of sp³-hybridized carbons (Fsp3) is 0.143. The molecule has 142 valence electrons. The summed E-state index contributed by atoms with van der Waals surface area (Å²) in [7, 11) is 1.62. The second-order valence-electron chi connectivity index (χ2n) is 6.75. The van der Waals surface area contributed by atoms with Crippen LogP contribution in [0.5, 0.6) is 0 Å². The first-order valence-electron chi connectivity index (χ1n) is 8.72. The van der Waals surface area contributed by atoms with Gasteiger partial charge in [0.05, 0.1) is 11.4 Å². The molecule has 0 unspecified atom stereocenters. The van der Waals surface area contributed by atoms with Gasteiger partial charge < -0.3 is 14.9 Å². The summed E-state index contributed by atoms with van der Waals surface area (Å²) in [5, 5.41) is 1.22. The Morgan fingerprint density at radius 2 is 1.75 bits per heavy atom. The number of pyridine rings is 1. The van der Waals surface area contributed by atoms with Crippen molar-refractivity contribution in [3.8, 4) is 0 Å². The van der Waals surface area contributed by atoms with E-state index in [0.29, 0.717) is 11.3 Å². The number of hydrogen-bond donors (Lipinski definition) is 2. The molecule has 4 rings (SSSR count). The minimum atomic E-state index is -1.09. The van der Waals surface area contributed by atoms with Crippen molar-refractivity contribution in [2.75, 3.05) is 7.05 Å². The van der Waals surface area contributed by atoms with Crippen LogP contribution in [0.25, 0.3) is 21.7 Å². The minimum absolute atomic E-state index is 0.0368. The molecule has 0 saturated carbocycles. The number of hydrogen-bond acceptors (Lipinski definition) is 2. The number of nitrogens with zero attached hydrogens (tertiary/aromatic N) is 1. The molecule has 0 radical (unpaired) electrons. The molecule has 2 aromatic carbocycles. The quantitative estimate of drug-likeness (QED) is 0.560. The molecule has 2 aromatic heterocycles. The van der Waals surface area contributed by atoms with Gasteiger partial charge >= 0.3 is 0 Å². The van der Waals surface area contributed by atoms with E-state index in [1.807, 2.05) is 24.3 Å². The summed E-state index contributed by atoms with van der Waals surface area (Å²) in [5.74, 6) is -2.40. The highest BCUT2D eigenvalue weighted by molar-refractivity contribution is 5.98. The van der Waals surface area contributed by atoms with Crippen molar-refractivity contribution in [3.05, 3.63) is 81.9 Å². The van der Waals surface area contributed by atoms with Crippen LogP contribution in [0.15, 0.2) is 53.5 Å². The number of halogens is 2. The minimum Gasteiger partial charge on any atom is -0.351 e. The van der Waals surface area contributed by atoms with Crippen LogP contribution >= 0.6 is 0 Å². The first-order valence-corrected chi connectivity index (χ1v) is 8.72. The molecule has 0 aliphatic heterocycles. The Bertz CT molecular complexity index is 1240. The summed E-state index contributed by atoms with van der Waals surface area (Å²) in [5.41, 5.74) is 1.26. The lowest BCUT2D eigenvalue weighted by atomic mass is 10.0. The maximum atomic E-state index is 13.8. The smallest absolute Gasteiger partial charge is 0.270 e. The maximum Gasteiger partial charge on any atom is 0.270 e. The van der Waals surface area contributed by atoms with Gasteiger partial charge in [0, 0.05) is 24.1 Å². The molecule has 7 heteroatoms. The number of rotatable bonds is 3. The van der Waals surface area contributed by atoms with Gasteiger partial charge in [-0.15, -0.1) is 0 Å². The Hall–Kier alpha value is -3.48. The standard InChI is InChI=1S/C21H17F2N3O2/c1-11(15-10-24-20(27)14-9-17(23)16(22)8-13(14)15)26(2)21(28)19-7-12-5-3-4-6-18(12)25-19/h3-11,25H,1-2H3,(H,24,27)/t11-/m0/s1. The van der Waals surface area contributed by atoms with Crippen LogP contribution in [0.1, 0.15) is 29.0 Å². The van der Waals surface area contributed by atoms with Crippen LogP contribution < -0.4 is 5.56 Å². The van der Waals surface area contributed by atoms with Crippen molar-refractivity contribution in [1.29, 1.82) is 0 Å². The molecule has 2 N–H and O–H groups in total. The third-order valence-corrected chi connectivity index (χ3v) is 5.09. The van der Waals surface area contributed by atoms with Gasteiger partial charge in [-0.25, -0.2) is 8.78 Å². The van der Waals surface area contributed by atoms with E-state index in [0.717, 1.165) is 23.0 Å². The van der Waals surface area contributed by atoms with Crippen molar-refractivity contribution >= 4 is 27.6 Å². The van der Waals surface area contributed by atoms with Crippen LogP contribution in [0.3, 0.4) is 0 Å². The van der Waals surface area contributed by atoms with Gasteiger partial charge in [-0.1, -0.05) is 18.2 Å². The van der Waals surface area contributed by atoms with Crippen molar-refractivity contribution in [3.63, 3.8) is 0 Å². The Balaban J connectivity index is 1.75. The number of fused-ring (bicyclic) bond motifs is 2. The lowest BCUT2D eigenvalue weighted by Gasteiger charge is -2.25. The van der Waals surface area contributed by atoms with E-state index < -0.39 is 23.2 Å². The van der Waals surface area contributed by atoms with Crippen molar-refractivity contribution in [2.24, 2.45) is 0 Å². The van der Waals surface area contributed by atoms with Crippen LogP contribution in [0.2, 0.25) is 0 Å². The van der Waals surface area contributed by atoms with Crippen LogP contribution in [0.4, 0.5) is 8.78 Å². The van der Waals surface area contributed by atoms with Crippen molar-refractivity contribution in [1.82, 2.24) is 14.9 Å². The van der Waals surface area contributed by atoms with E-state index >= 15 is 0 Å². The molecule has 1 amide bonds. The fourth-order valence-corrected chi connectivity index (χ4v) is 3.38. The number of benzene rings is 2. The van der Waals surface area contributed by atoms with Crippen LogP contribution in [-0.4, -0.2) is 27.8 Å². The summed E-state index contributed by atoms with van der Waals surface area (Å²) in [6.45, 7) is 1.76. The summed E-state index contributed by atoms with van der Waals surface area (Å²) in [6.07, 6.45) is 1.43. The molecule has 2 heterocycles. The topological polar surface area (TPSA) is 69.0 Å². The van der Waals surface area contributed by atoms with Gasteiger partial charge in [-0.05, 0) is 42.1 Å². The van der Waals surface area contributed by atoms with E-state index in [-0.39, 0.29) is 16.7 Å². The maximum absolute atomic E-state index is 13.8. The van der Waals surface area contributed by atoms with Crippen LogP contribution in [0, 0.1) is 11.6 Å². The van der Waals surface area contributed by atoms with E-state index in [2.05, 4.69) is 9.97 Å². The summed E-state index contributed by atoms with van der Waals surface area (Å²) in [4.78, 5) is 32.1. The number of carbonyl (C=O) groups is 1. The number of amides is 1. The van der Waals surface area contributed by atoms with Gasteiger partial charge in [0.1, 0.15) is 5.69 Å². The van der Waals surface area contributed by atoms with E-state index in [1.165, 1.54) is 11.1 Å². The predicted octanol–water partition coefficient (Wildman–Crippen LogP) is 4.12. The van der Waals surface area contributed by atoms with E-state index in [9.17, 15) is 18.4 Å². The van der Waals surface area contributed by atoms with Crippen molar-refractivity contribution in [2.45, 2.75) is 13.0 Å². The van der Waals surface area contributed by atoms with Gasteiger partial charge in [0.2, 0.25) is 0 Å². The van der Waals surface area contributed by atoms with E-state index in [1.54, 1.807) is 20.0 Å². The largest absolute Gasteiger partial charge is 0.351 e. The summed E-state index contributed by atoms with van der Waals surface area (Å²) in [6, 6.07) is 10.7. The third kappa shape index (κ3) is 2.85. The van der Waals surface area contributed by atoms with Crippen LogP contribution in [-0.2, 0) is 0 Å². The molecule has 4 aromatic rings.